The van der Waals surface area contributed by atoms with E-state index in [1.807, 2.05) is 0 Å². The van der Waals surface area contributed by atoms with Gasteiger partial charge in [-0.25, -0.2) is 0 Å². The van der Waals surface area contributed by atoms with Gasteiger partial charge in [0.05, 0.1) is 0 Å². The Kier molecular flexibility index (Phi) is 6.97. The van der Waals surface area contributed by atoms with Gasteiger partial charge >= 0.3 is 73.3 Å². The van der Waals surface area contributed by atoms with Crippen molar-refractivity contribution < 1.29 is 12.3 Å². The third kappa shape index (κ3) is 38.9. The number of hydrogen-bond donors (Lipinski definition) is 3. The summed E-state index contributed by atoms with van der Waals surface area (Å²) in [6, 6.07) is 0. The second-order valence-electron chi connectivity index (χ2n) is 0.513. The zero-order valence-electron chi connectivity index (χ0n) is 2.20. The van der Waals surface area contributed by atoms with Crippen molar-refractivity contribution in [1.82, 2.24) is 0 Å². The zero-order chi connectivity index (χ0) is 4.50. The predicted molar refractivity (Wildman–Crippen MR) is 28.5 cm³/mol. The van der Waals surface area contributed by atoms with Gasteiger partial charge in [0, 0.05) is 0 Å². The van der Waals surface area contributed by atoms with Crippen LogP contribution >= 0.6 is 10.4 Å². The van der Waals surface area contributed by atoms with Crippen molar-refractivity contribution in [3.05, 3.63) is 0 Å². The molecule has 0 aromatic carbocycles. The Balaban J connectivity index is 0. The summed E-state index contributed by atoms with van der Waals surface area (Å²) in [5.41, 5.74) is 0. The van der Waals surface area contributed by atoms with Crippen molar-refractivity contribution in [3.63, 3.8) is 0 Å². The van der Waals surface area contributed by atoms with Gasteiger partial charge in [0.2, 0.25) is 0 Å². The van der Waals surface area contributed by atoms with Gasteiger partial charge in [-0.15, -0.1) is 0 Å². The summed E-state index contributed by atoms with van der Waals surface area (Å²) >= 11 is -4.29. The van der Waals surface area contributed by atoms with E-state index in [0.29, 0.717) is 0 Å². The van der Waals surface area contributed by atoms with Crippen LogP contribution in [0.4, 0.5) is 0 Å². The van der Waals surface area contributed by atoms with Crippen LogP contribution in [-0.2, 0) is 0 Å². The van der Waals surface area contributed by atoms with Crippen LogP contribution in [0.5, 0.6) is 0 Å². The molecule has 0 saturated heterocycles. The molecular weight excluding hydrogens is 195 g/mol. The predicted octanol–water partition coefficient (Wildman–Crippen LogP) is -2.32. The summed E-state index contributed by atoms with van der Waals surface area (Å²) in [7, 11) is 3.66. The van der Waals surface area contributed by atoms with Crippen LogP contribution in [0.2, 0.25) is 0 Å². The number of hydrogen-bond acceptors (Lipinski definition) is 1. The molecular formula is H5AsCaO3S. The molecule has 0 atom stereocenters. The molecule has 6 heavy (non-hydrogen) atoms. The van der Waals surface area contributed by atoms with E-state index in [4.69, 9.17) is 12.3 Å². The first-order valence-electron chi connectivity index (χ1n) is 0.783. The van der Waals surface area contributed by atoms with E-state index in [2.05, 4.69) is 10.4 Å². The Morgan fingerprint density at radius 1 is 1.17 bits per heavy atom. The van der Waals surface area contributed by atoms with Crippen molar-refractivity contribution in [3.8, 4) is 0 Å². The first-order valence-corrected chi connectivity index (χ1v) is 5.96. The molecule has 0 rings (SSSR count). The van der Waals surface area contributed by atoms with Crippen LogP contribution in [-0.4, -0.2) is 62.9 Å². The molecule has 0 fully saturated rings. The first kappa shape index (κ1) is 10.8. The average Bonchev–Trinajstić information content (AvgIpc) is 0.722. The van der Waals surface area contributed by atoms with Gasteiger partial charge in [-0.05, 0) is 0 Å². The second-order valence-corrected chi connectivity index (χ2v) is 5.21. The fourth-order valence-corrected chi connectivity index (χ4v) is 0. The summed E-state index contributed by atoms with van der Waals surface area (Å²) < 4.78 is 22.9. The second kappa shape index (κ2) is 3.86. The molecule has 3 N–H and O–H groups in total. The van der Waals surface area contributed by atoms with E-state index in [1.165, 1.54) is 0 Å². The summed E-state index contributed by atoms with van der Waals surface area (Å²) in [5.74, 6) is 0. The van der Waals surface area contributed by atoms with E-state index in [0.717, 1.165) is 0 Å². The summed E-state index contributed by atoms with van der Waals surface area (Å²) in [6.07, 6.45) is 0. The van der Waals surface area contributed by atoms with Crippen molar-refractivity contribution in [2.75, 3.05) is 0 Å². The van der Waals surface area contributed by atoms with Crippen LogP contribution < -0.4 is 0 Å². The molecule has 0 amide bonds. The Bertz CT molecular complexity index is 56.9. The van der Waals surface area contributed by atoms with Gasteiger partial charge in [-0.2, -0.15) is 0 Å². The van der Waals surface area contributed by atoms with Gasteiger partial charge in [-0.3, -0.25) is 0 Å². The number of rotatable bonds is 0. The first-order chi connectivity index (χ1) is 2.00. The van der Waals surface area contributed by atoms with Crippen LogP contribution in [0.15, 0.2) is 0 Å². The quantitative estimate of drug-likeness (QED) is 0.384. The molecule has 0 aliphatic rings. The maximum atomic E-state index is 7.62. The Morgan fingerprint density at radius 2 is 1.17 bits per heavy atom. The van der Waals surface area contributed by atoms with Crippen LogP contribution in [0.3, 0.4) is 0 Å². The molecule has 0 bridgehead atoms. The summed E-state index contributed by atoms with van der Waals surface area (Å²) in [6.45, 7) is 0. The fourth-order valence-electron chi connectivity index (χ4n) is 0. The van der Waals surface area contributed by atoms with Gasteiger partial charge in [0.1, 0.15) is 0 Å². The topological polar surface area (TPSA) is 60.7 Å². The molecule has 0 aromatic heterocycles. The molecule has 36 valence electrons. The zero-order valence-corrected chi connectivity index (χ0v) is 4.89. The van der Waals surface area contributed by atoms with Crippen molar-refractivity contribution in [1.29, 1.82) is 0 Å². The molecule has 0 unspecified atom stereocenters. The molecule has 0 spiro atoms. The monoisotopic (exact) mass is 200 g/mol. The van der Waals surface area contributed by atoms with Gasteiger partial charge in [-0.1, -0.05) is 0 Å². The third-order valence-electron chi connectivity index (χ3n) is 0. The Morgan fingerprint density at radius 3 is 1.17 bits per heavy atom. The van der Waals surface area contributed by atoms with Crippen LogP contribution in [0.25, 0.3) is 0 Å². The molecule has 0 aliphatic carbocycles. The normalized spacial score (nSPS) is 9.83. The molecule has 0 radical (unpaired) electrons. The van der Waals surface area contributed by atoms with E-state index in [1.54, 1.807) is 0 Å². The van der Waals surface area contributed by atoms with Crippen LogP contribution in [0.1, 0.15) is 0 Å². The SMILES string of the molecule is O[As](O)(O)=S.[CaH2]. The van der Waals surface area contributed by atoms with Crippen LogP contribution in [0, 0.1) is 0 Å². The van der Waals surface area contributed by atoms with Crippen molar-refractivity contribution >= 4 is 61.0 Å². The Hall–Kier alpha value is 1.92. The van der Waals surface area contributed by atoms with Crippen molar-refractivity contribution in [2.45, 2.75) is 0 Å². The average molecular weight is 200 g/mol. The van der Waals surface area contributed by atoms with Gasteiger partial charge in [0.25, 0.3) is 0 Å². The molecule has 0 heterocycles. The van der Waals surface area contributed by atoms with E-state index in [-0.39, 0.29) is 37.7 Å². The standard InChI is InChI=1S/AsH3O3S.Ca.2H/c2-1(3,4)5;;;/h(H3,2,3,4,5);;;. The van der Waals surface area contributed by atoms with E-state index < -0.39 is 12.9 Å². The van der Waals surface area contributed by atoms with Gasteiger partial charge < -0.3 is 0 Å². The fraction of sp³-hybridized carbons (Fsp3) is 0. The minimum atomic E-state index is -4.29. The summed E-state index contributed by atoms with van der Waals surface area (Å²) in [4.78, 5) is 0. The van der Waals surface area contributed by atoms with Gasteiger partial charge in [0.15, 0.2) is 0 Å². The third-order valence-corrected chi connectivity index (χ3v) is 0. The molecule has 3 nitrogen and oxygen atoms in total. The molecule has 6 heteroatoms. The minimum absolute atomic E-state index is 0. The maximum absolute atomic E-state index is 7.62. The summed E-state index contributed by atoms with van der Waals surface area (Å²) in [5, 5.41) is 0. The molecule has 0 aliphatic heterocycles. The molecule has 0 saturated carbocycles. The molecule has 0 aromatic rings. The van der Waals surface area contributed by atoms with Crippen molar-refractivity contribution in [2.24, 2.45) is 0 Å². The van der Waals surface area contributed by atoms with E-state index >= 15 is 0 Å². The van der Waals surface area contributed by atoms with E-state index in [9.17, 15) is 0 Å². The Labute approximate surface area is 72.3 Å².